The molecule has 1 amide bonds. The molecule has 0 saturated carbocycles. The van der Waals surface area contributed by atoms with E-state index in [0.29, 0.717) is 20.8 Å². The maximum absolute atomic E-state index is 13.3. The molecule has 3 aromatic rings. The van der Waals surface area contributed by atoms with Crippen molar-refractivity contribution in [2.24, 2.45) is 10.1 Å². The van der Waals surface area contributed by atoms with Crippen molar-refractivity contribution < 1.29 is 9.18 Å². The van der Waals surface area contributed by atoms with Crippen LogP contribution < -0.4 is 0 Å². The number of thioether (sulfide) groups is 1. The van der Waals surface area contributed by atoms with Gasteiger partial charge in [0.1, 0.15) is 10.9 Å². The van der Waals surface area contributed by atoms with Crippen LogP contribution in [0.1, 0.15) is 28.1 Å². The van der Waals surface area contributed by atoms with Crippen LogP contribution in [0.15, 0.2) is 64.2 Å². The maximum atomic E-state index is 13.3. The van der Waals surface area contributed by atoms with Gasteiger partial charge in [-0.3, -0.25) is 10.2 Å². The number of amides is 1. The van der Waals surface area contributed by atoms with Gasteiger partial charge in [0, 0.05) is 27.7 Å². The van der Waals surface area contributed by atoms with Gasteiger partial charge in [-0.25, -0.2) is 4.39 Å². The number of carbonyl (C=O) groups is 1. The van der Waals surface area contributed by atoms with E-state index in [1.54, 1.807) is 18.2 Å². The molecule has 0 atom stereocenters. The number of aryl methyl sites for hydroxylation is 2. The van der Waals surface area contributed by atoms with E-state index < -0.39 is 5.91 Å². The average Bonchev–Trinajstić information content (AvgIpc) is 3.34. The molecule has 1 N–H and O–H groups in total. The van der Waals surface area contributed by atoms with Gasteiger partial charge < -0.3 is 4.57 Å². The molecule has 3 heterocycles. The number of benzene rings is 2. The molecule has 0 aliphatic carbocycles. The Morgan fingerprint density at radius 1 is 1.09 bits per heavy atom. The molecular weight excluding hydrogens is 473 g/mol. The van der Waals surface area contributed by atoms with Gasteiger partial charge in [-0.2, -0.15) is 15.1 Å². The van der Waals surface area contributed by atoms with Crippen LogP contribution in [-0.2, 0) is 4.79 Å². The minimum atomic E-state index is -0.497. The second kappa shape index (κ2) is 8.38. The standard InChI is InChI=1S/C25H19ClFN5OS/c1-13-4-7-18(26)12-21(13)31-14(2)10-17(15(31)3)11-20-22(28)32-25(29-23(20)33)34-24(30-32)16-5-8-19(27)9-6-16/h4-12,28H,1-3H3/b20-11-,28-22?. The third-order valence-corrected chi connectivity index (χ3v) is 6.92. The molecule has 0 radical (unpaired) electrons. The zero-order chi connectivity index (χ0) is 24.1. The number of hydrogen-bond acceptors (Lipinski definition) is 4. The summed E-state index contributed by atoms with van der Waals surface area (Å²) in [6.07, 6.45) is 1.68. The fraction of sp³-hybridized carbons (Fsp3) is 0.120. The summed E-state index contributed by atoms with van der Waals surface area (Å²) in [5, 5.41) is 15.9. The van der Waals surface area contributed by atoms with Crippen LogP contribution in [0.25, 0.3) is 11.8 Å². The van der Waals surface area contributed by atoms with Crippen LogP contribution in [-0.4, -0.2) is 31.5 Å². The summed E-state index contributed by atoms with van der Waals surface area (Å²) in [5.74, 6) is -0.896. The highest BCUT2D eigenvalue weighted by Gasteiger charge is 2.36. The second-order valence-electron chi connectivity index (χ2n) is 8.02. The van der Waals surface area contributed by atoms with E-state index in [0.717, 1.165) is 28.2 Å². The molecule has 0 fully saturated rings. The fourth-order valence-corrected chi connectivity index (χ4v) is 5.05. The molecule has 0 unspecified atom stereocenters. The van der Waals surface area contributed by atoms with Crippen molar-refractivity contribution in [3.8, 4) is 5.69 Å². The van der Waals surface area contributed by atoms with E-state index in [9.17, 15) is 9.18 Å². The normalized spacial score (nSPS) is 16.7. The molecule has 34 heavy (non-hydrogen) atoms. The first-order valence-corrected chi connectivity index (χ1v) is 11.6. The van der Waals surface area contributed by atoms with E-state index in [1.807, 2.05) is 45.0 Å². The van der Waals surface area contributed by atoms with Gasteiger partial charge in [-0.15, -0.1) is 0 Å². The first kappa shape index (κ1) is 22.3. The quantitative estimate of drug-likeness (QED) is 0.466. The van der Waals surface area contributed by atoms with Crippen LogP contribution >= 0.6 is 23.4 Å². The second-order valence-corrected chi connectivity index (χ2v) is 9.42. The number of aliphatic imine (C=N–C) groups is 1. The van der Waals surface area contributed by atoms with Gasteiger partial charge in [0.05, 0.1) is 5.57 Å². The lowest BCUT2D eigenvalue weighted by Crippen LogP contribution is -2.35. The Morgan fingerprint density at radius 3 is 2.56 bits per heavy atom. The Kier molecular flexibility index (Phi) is 5.50. The smallest absolute Gasteiger partial charge is 0.283 e. The van der Waals surface area contributed by atoms with Gasteiger partial charge in [-0.1, -0.05) is 17.7 Å². The summed E-state index contributed by atoms with van der Waals surface area (Å²) in [6.45, 7) is 5.96. The van der Waals surface area contributed by atoms with E-state index in [4.69, 9.17) is 17.0 Å². The first-order valence-electron chi connectivity index (χ1n) is 10.4. The summed E-state index contributed by atoms with van der Waals surface area (Å²) >= 11 is 7.41. The Morgan fingerprint density at radius 2 is 1.82 bits per heavy atom. The average molecular weight is 492 g/mol. The lowest BCUT2D eigenvalue weighted by molar-refractivity contribution is -0.114. The molecule has 2 aliphatic heterocycles. The summed E-state index contributed by atoms with van der Waals surface area (Å²) in [4.78, 5) is 17.0. The van der Waals surface area contributed by atoms with Gasteiger partial charge in [-0.05, 0) is 92.2 Å². The lowest BCUT2D eigenvalue weighted by Gasteiger charge is -2.20. The van der Waals surface area contributed by atoms with Crippen LogP contribution in [0.3, 0.4) is 0 Å². The molecule has 6 nitrogen and oxygen atoms in total. The number of carbonyl (C=O) groups excluding carboxylic acids is 1. The number of aromatic nitrogens is 1. The van der Waals surface area contributed by atoms with Crippen LogP contribution in [0.5, 0.6) is 0 Å². The Labute approximate surface area is 205 Å². The molecular formula is C25H19ClFN5OS. The molecule has 2 aromatic carbocycles. The molecule has 0 spiro atoms. The number of hydrazone groups is 1. The number of nitrogens with zero attached hydrogens (tertiary/aromatic N) is 4. The van der Waals surface area contributed by atoms with Crippen molar-refractivity contribution in [3.63, 3.8) is 0 Å². The highest BCUT2D eigenvalue weighted by molar-refractivity contribution is 8.27. The van der Waals surface area contributed by atoms with E-state index in [2.05, 4.69) is 14.7 Å². The molecule has 2 aliphatic rings. The molecule has 0 bridgehead atoms. The zero-order valence-electron chi connectivity index (χ0n) is 18.6. The van der Waals surface area contributed by atoms with Crippen LogP contribution in [0, 0.1) is 32.0 Å². The number of hydrogen-bond donors (Lipinski definition) is 1. The summed E-state index contributed by atoms with van der Waals surface area (Å²) in [5.41, 5.74) is 5.56. The summed E-state index contributed by atoms with van der Waals surface area (Å²) < 4.78 is 15.4. The highest BCUT2D eigenvalue weighted by atomic mass is 35.5. The Hall–Kier alpha value is -3.49. The molecule has 170 valence electrons. The molecule has 1 aromatic heterocycles. The van der Waals surface area contributed by atoms with Gasteiger partial charge in [0.2, 0.25) is 5.17 Å². The Bertz CT molecular complexity index is 1470. The van der Waals surface area contributed by atoms with Crippen LogP contribution in [0.4, 0.5) is 4.39 Å². The third kappa shape index (κ3) is 3.78. The number of nitrogens with one attached hydrogen (secondary N) is 1. The summed E-state index contributed by atoms with van der Waals surface area (Å²) in [6, 6.07) is 13.6. The highest BCUT2D eigenvalue weighted by Crippen LogP contribution is 2.32. The van der Waals surface area contributed by atoms with Crippen LogP contribution in [0.2, 0.25) is 5.02 Å². The predicted molar refractivity (Wildman–Crippen MR) is 136 cm³/mol. The maximum Gasteiger partial charge on any atom is 0.283 e. The number of amidine groups is 2. The lowest BCUT2D eigenvalue weighted by atomic mass is 10.1. The minimum Gasteiger partial charge on any atom is -0.318 e. The first-order chi connectivity index (χ1) is 16.2. The number of halogens is 2. The fourth-order valence-electron chi connectivity index (χ4n) is 3.98. The van der Waals surface area contributed by atoms with Crippen molar-refractivity contribution in [3.05, 3.63) is 93.0 Å². The van der Waals surface area contributed by atoms with E-state index in [-0.39, 0.29) is 17.2 Å². The zero-order valence-corrected chi connectivity index (χ0v) is 20.1. The van der Waals surface area contributed by atoms with Crippen molar-refractivity contribution in [1.82, 2.24) is 9.58 Å². The Balaban J connectivity index is 1.52. The monoisotopic (exact) mass is 491 g/mol. The van der Waals surface area contributed by atoms with E-state index in [1.165, 1.54) is 28.9 Å². The topological polar surface area (TPSA) is 73.8 Å². The molecule has 9 heteroatoms. The van der Waals surface area contributed by atoms with E-state index >= 15 is 0 Å². The predicted octanol–water partition coefficient (Wildman–Crippen LogP) is 5.86. The third-order valence-electron chi connectivity index (χ3n) is 5.73. The van der Waals surface area contributed by atoms with Gasteiger partial charge in [0.15, 0.2) is 5.84 Å². The van der Waals surface area contributed by atoms with Gasteiger partial charge >= 0.3 is 0 Å². The summed E-state index contributed by atoms with van der Waals surface area (Å²) in [7, 11) is 0. The van der Waals surface area contributed by atoms with Crippen molar-refractivity contribution in [1.29, 1.82) is 5.41 Å². The molecule has 5 rings (SSSR count). The van der Waals surface area contributed by atoms with Gasteiger partial charge in [0.25, 0.3) is 5.91 Å². The SMILES string of the molecule is Cc1ccc(Cl)cc1-n1c(C)cc(/C=C2/C(=N)N3N=C(c4ccc(F)cc4)SC3=NC2=O)c1C. The number of fused-ring (bicyclic) bond motifs is 1. The van der Waals surface area contributed by atoms with Crippen molar-refractivity contribution in [2.75, 3.05) is 0 Å². The number of rotatable bonds is 3. The minimum absolute atomic E-state index is 0.0525. The largest absolute Gasteiger partial charge is 0.318 e. The molecule has 0 saturated heterocycles. The van der Waals surface area contributed by atoms with Crippen molar-refractivity contribution >= 4 is 51.4 Å². The van der Waals surface area contributed by atoms with Crippen molar-refractivity contribution in [2.45, 2.75) is 20.8 Å².